The van der Waals surface area contributed by atoms with E-state index in [2.05, 4.69) is 10.3 Å². The van der Waals surface area contributed by atoms with Crippen LogP contribution in [0.2, 0.25) is 0 Å². The summed E-state index contributed by atoms with van der Waals surface area (Å²) in [6, 6.07) is 7.43. The van der Waals surface area contributed by atoms with Crippen LogP contribution in [0.3, 0.4) is 0 Å². The maximum atomic E-state index is 12.1. The lowest BCUT2D eigenvalue weighted by Crippen LogP contribution is -2.17. The van der Waals surface area contributed by atoms with Crippen LogP contribution in [0.4, 0.5) is 11.5 Å². The maximum Gasteiger partial charge on any atom is 0.273 e. The van der Waals surface area contributed by atoms with Crippen molar-refractivity contribution >= 4 is 17.4 Å². The molecule has 100 valence electrons. The third-order valence-corrected chi connectivity index (χ3v) is 3.11. The van der Waals surface area contributed by atoms with Gasteiger partial charge in [-0.15, -0.1) is 0 Å². The van der Waals surface area contributed by atoms with Gasteiger partial charge in [0.25, 0.3) is 5.91 Å². The van der Waals surface area contributed by atoms with Gasteiger partial charge in [-0.05, 0) is 31.2 Å². The first-order valence-electron chi connectivity index (χ1n) is 6.06. The van der Waals surface area contributed by atoms with Crippen molar-refractivity contribution in [3.8, 4) is 0 Å². The third-order valence-electron chi connectivity index (χ3n) is 3.11. The zero-order valence-electron chi connectivity index (χ0n) is 11.6. The number of aryl methyl sites for hydroxylation is 1. The lowest BCUT2D eigenvalue weighted by atomic mass is 10.3. The summed E-state index contributed by atoms with van der Waals surface area (Å²) in [5, 5.41) is 2.79. The van der Waals surface area contributed by atoms with Gasteiger partial charge in [-0.2, -0.15) is 0 Å². The molecule has 2 aromatic rings. The molecule has 0 bridgehead atoms. The van der Waals surface area contributed by atoms with E-state index in [0.717, 1.165) is 11.4 Å². The Morgan fingerprint density at radius 1 is 1.26 bits per heavy atom. The molecule has 0 atom stereocenters. The van der Waals surface area contributed by atoms with Gasteiger partial charge in [0, 0.05) is 26.8 Å². The van der Waals surface area contributed by atoms with Crippen LogP contribution in [-0.2, 0) is 7.05 Å². The second-order valence-corrected chi connectivity index (χ2v) is 4.67. The van der Waals surface area contributed by atoms with Gasteiger partial charge < -0.3 is 14.8 Å². The Morgan fingerprint density at radius 2 is 2.00 bits per heavy atom. The van der Waals surface area contributed by atoms with Gasteiger partial charge in [0.1, 0.15) is 11.5 Å². The maximum absolute atomic E-state index is 12.1. The second-order valence-electron chi connectivity index (χ2n) is 4.67. The monoisotopic (exact) mass is 258 g/mol. The highest BCUT2D eigenvalue weighted by Gasteiger charge is 2.11. The van der Waals surface area contributed by atoms with Gasteiger partial charge in [-0.3, -0.25) is 4.79 Å². The molecule has 1 N–H and O–H groups in total. The normalized spacial score (nSPS) is 10.3. The summed E-state index contributed by atoms with van der Waals surface area (Å²) >= 11 is 0. The van der Waals surface area contributed by atoms with Crippen LogP contribution in [0.25, 0.3) is 0 Å². The largest absolute Gasteiger partial charge is 0.376 e. The topological polar surface area (TPSA) is 50.2 Å². The van der Waals surface area contributed by atoms with Crippen LogP contribution in [0.5, 0.6) is 0 Å². The van der Waals surface area contributed by atoms with Crippen LogP contribution in [-0.4, -0.2) is 29.6 Å². The van der Waals surface area contributed by atoms with Crippen LogP contribution in [0.1, 0.15) is 16.2 Å². The molecule has 0 aliphatic carbocycles. The lowest BCUT2D eigenvalue weighted by molar-refractivity contribution is 0.101. The molecule has 0 radical (unpaired) electrons. The van der Waals surface area contributed by atoms with Gasteiger partial charge >= 0.3 is 0 Å². The van der Waals surface area contributed by atoms with Crippen molar-refractivity contribution in [2.24, 2.45) is 7.05 Å². The number of pyridine rings is 1. The van der Waals surface area contributed by atoms with Gasteiger partial charge in [0.2, 0.25) is 0 Å². The summed E-state index contributed by atoms with van der Waals surface area (Å²) in [5.74, 6) is 0.398. The SMILES string of the molecule is Cc1ccc(C(=O)Nc2ccc(N(C)C)cn2)n1C. The van der Waals surface area contributed by atoms with Crippen LogP contribution in [0, 0.1) is 6.92 Å². The molecule has 5 heteroatoms. The Hall–Kier alpha value is -2.30. The molecular weight excluding hydrogens is 240 g/mol. The van der Waals surface area contributed by atoms with E-state index in [0.29, 0.717) is 11.5 Å². The van der Waals surface area contributed by atoms with Crippen molar-refractivity contribution in [1.29, 1.82) is 0 Å². The predicted octanol–water partition coefficient (Wildman–Crippen LogP) is 2.05. The van der Waals surface area contributed by atoms with E-state index in [1.807, 2.05) is 49.7 Å². The minimum absolute atomic E-state index is 0.152. The van der Waals surface area contributed by atoms with E-state index >= 15 is 0 Å². The average Bonchev–Trinajstić information content (AvgIpc) is 2.70. The standard InChI is InChI=1S/C14H18N4O/c1-10-5-7-12(18(10)4)14(19)16-13-8-6-11(9-15-13)17(2)3/h5-9H,1-4H3,(H,15,16,19). The number of hydrogen-bond donors (Lipinski definition) is 1. The summed E-state index contributed by atoms with van der Waals surface area (Å²) in [6.07, 6.45) is 1.73. The van der Waals surface area contributed by atoms with Crippen molar-refractivity contribution in [2.45, 2.75) is 6.92 Å². The first kappa shape index (κ1) is 13.1. The number of rotatable bonds is 3. The van der Waals surface area contributed by atoms with Crippen molar-refractivity contribution in [3.05, 3.63) is 41.9 Å². The average molecular weight is 258 g/mol. The number of carbonyl (C=O) groups excluding carboxylic acids is 1. The van der Waals surface area contributed by atoms with E-state index in [9.17, 15) is 4.79 Å². The van der Waals surface area contributed by atoms with Gasteiger partial charge in [-0.25, -0.2) is 4.98 Å². The first-order valence-corrected chi connectivity index (χ1v) is 6.06. The molecule has 0 aliphatic rings. The molecule has 0 spiro atoms. The number of nitrogens with one attached hydrogen (secondary N) is 1. The van der Waals surface area contributed by atoms with Gasteiger partial charge in [-0.1, -0.05) is 0 Å². The summed E-state index contributed by atoms with van der Waals surface area (Å²) < 4.78 is 1.85. The first-order chi connectivity index (χ1) is 8.99. The summed E-state index contributed by atoms with van der Waals surface area (Å²) in [6.45, 7) is 1.96. The fourth-order valence-electron chi connectivity index (χ4n) is 1.75. The molecule has 5 nitrogen and oxygen atoms in total. The van der Waals surface area contributed by atoms with Crippen molar-refractivity contribution < 1.29 is 4.79 Å². The number of hydrogen-bond acceptors (Lipinski definition) is 3. The molecule has 2 aromatic heterocycles. The Balaban J connectivity index is 2.13. The van der Waals surface area contributed by atoms with Crippen LogP contribution < -0.4 is 10.2 Å². The summed E-state index contributed by atoms with van der Waals surface area (Å²) in [5.41, 5.74) is 2.66. The minimum Gasteiger partial charge on any atom is -0.376 e. The molecule has 0 saturated carbocycles. The number of aromatic nitrogens is 2. The van der Waals surface area contributed by atoms with Gasteiger partial charge in [0.15, 0.2) is 0 Å². The highest BCUT2D eigenvalue weighted by atomic mass is 16.2. The van der Waals surface area contributed by atoms with Crippen LogP contribution >= 0.6 is 0 Å². The highest BCUT2D eigenvalue weighted by Crippen LogP contribution is 2.13. The Bertz CT molecular complexity index is 584. The van der Waals surface area contributed by atoms with E-state index < -0.39 is 0 Å². The summed E-state index contributed by atoms with van der Waals surface area (Å²) in [7, 11) is 5.76. The molecular formula is C14H18N4O. The van der Waals surface area contributed by atoms with Crippen molar-refractivity contribution in [1.82, 2.24) is 9.55 Å². The third kappa shape index (κ3) is 2.76. The summed E-state index contributed by atoms with van der Waals surface area (Å²) in [4.78, 5) is 18.3. The number of anilines is 2. The molecule has 0 aromatic carbocycles. The molecule has 0 fully saturated rings. The van der Waals surface area contributed by atoms with E-state index in [-0.39, 0.29) is 5.91 Å². The highest BCUT2D eigenvalue weighted by molar-refractivity contribution is 6.02. The second kappa shape index (κ2) is 5.14. The molecule has 2 heterocycles. The smallest absolute Gasteiger partial charge is 0.273 e. The molecule has 1 amide bonds. The van der Waals surface area contributed by atoms with Gasteiger partial charge in [0.05, 0.1) is 11.9 Å². The minimum atomic E-state index is -0.152. The Kier molecular flexibility index (Phi) is 3.55. The molecule has 0 unspecified atom stereocenters. The fourth-order valence-corrected chi connectivity index (χ4v) is 1.75. The number of amides is 1. The van der Waals surface area contributed by atoms with Crippen LogP contribution in [0.15, 0.2) is 30.5 Å². The van der Waals surface area contributed by atoms with Crippen molar-refractivity contribution in [3.63, 3.8) is 0 Å². The zero-order valence-corrected chi connectivity index (χ0v) is 11.6. The van der Waals surface area contributed by atoms with E-state index in [1.165, 1.54) is 0 Å². The number of carbonyl (C=O) groups is 1. The molecule has 0 aliphatic heterocycles. The molecule has 2 rings (SSSR count). The van der Waals surface area contributed by atoms with E-state index in [4.69, 9.17) is 0 Å². The quantitative estimate of drug-likeness (QED) is 0.916. The Morgan fingerprint density at radius 3 is 2.47 bits per heavy atom. The fraction of sp³-hybridized carbons (Fsp3) is 0.286. The van der Waals surface area contributed by atoms with E-state index in [1.54, 1.807) is 18.3 Å². The lowest BCUT2D eigenvalue weighted by Gasteiger charge is -2.12. The Labute approximate surface area is 112 Å². The van der Waals surface area contributed by atoms with Crippen molar-refractivity contribution in [2.75, 3.05) is 24.3 Å². The zero-order chi connectivity index (χ0) is 14.0. The number of nitrogens with zero attached hydrogens (tertiary/aromatic N) is 3. The molecule has 19 heavy (non-hydrogen) atoms. The molecule has 0 saturated heterocycles. The predicted molar refractivity (Wildman–Crippen MR) is 76.7 cm³/mol.